The molecule has 0 heterocycles. The lowest BCUT2D eigenvalue weighted by molar-refractivity contribution is -0.00000455. The van der Waals surface area contributed by atoms with Gasteiger partial charge in [-0.25, -0.2) is 0 Å². The van der Waals surface area contributed by atoms with Gasteiger partial charge >= 0.3 is 0 Å². The van der Waals surface area contributed by atoms with Gasteiger partial charge in [0.05, 0.1) is 26.6 Å². The van der Waals surface area contributed by atoms with Gasteiger partial charge < -0.3 is 24.0 Å². The van der Waals surface area contributed by atoms with Gasteiger partial charge in [0.1, 0.15) is 0 Å². The molecule has 0 aliphatic carbocycles. The summed E-state index contributed by atoms with van der Waals surface area (Å²) < 4.78 is 0. The topological polar surface area (TPSA) is 0 Å². The highest BCUT2D eigenvalue weighted by atomic mass is 127. The van der Waals surface area contributed by atoms with E-state index in [-0.39, 0.29) is 24.0 Å². The normalized spacial score (nSPS) is 12.3. The fourth-order valence-corrected chi connectivity index (χ4v) is 16.6. The summed E-state index contributed by atoms with van der Waals surface area (Å²) in [4.78, 5) is 0. The number of unbranched alkanes of at least 4 members (excludes halogenated alkanes) is 3. The second-order valence-corrected chi connectivity index (χ2v) is 17.7. The van der Waals surface area contributed by atoms with E-state index >= 15 is 0 Å². The minimum atomic E-state index is -0.893. The Morgan fingerprint density at radius 3 is 1.21 bits per heavy atom. The summed E-state index contributed by atoms with van der Waals surface area (Å²) >= 11 is 0. The van der Waals surface area contributed by atoms with Crippen LogP contribution < -0.4 is 24.0 Å². The van der Waals surface area contributed by atoms with E-state index in [0.29, 0.717) is 0 Å². The van der Waals surface area contributed by atoms with Crippen molar-refractivity contribution in [1.82, 2.24) is 0 Å². The van der Waals surface area contributed by atoms with Crippen LogP contribution in [0.4, 0.5) is 0 Å². The van der Waals surface area contributed by atoms with Gasteiger partial charge in [0.25, 0.3) is 0 Å². The Bertz CT molecular complexity index is 180. The Kier molecular flexibility index (Phi) is 14.3. The Balaban J connectivity index is 0. The van der Waals surface area contributed by atoms with E-state index in [0.717, 1.165) is 0 Å². The molecule has 0 spiro atoms. The highest BCUT2D eigenvalue weighted by Gasteiger charge is 2.39. The molecule has 0 aliphatic rings. The summed E-state index contributed by atoms with van der Waals surface area (Å²) in [6.45, 7) is 14.9. The molecule has 0 nitrogen and oxygen atoms in total. The van der Waals surface area contributed by atoms with Gasteiger partial charge in [-0.1, -0.05) is 59.7 Å². The second kappa shape index (κ2) is 12.0. The predicted molar refractivity (Wildman–Crippen MR) is 94.5 cm³/mol. The molecule has 0 saturated heterocycles. The van der Waals surface area contributed by atoms with Crippen LogP contribution in [0.15, 0.2) is 0 Å². The summed E-state index contributed by atoms with van der Waals surface area (Å²) in [5.74, 6) is 1.67. The number of hydrogen-bond acceptors (Lipinski definition) is 0. The van der Waals surface area contributed by atoms with E-state index in [9.17, 15) is 0 Å². The predicted octanol–water partition coefficient (Wildman–Crippen LogP) is 3.29. The summed E-state index contributed by atoms with van der Waals surface area (Å²) in [6, 6.07) is 0. The first-order chi connectivity index (χ1) is 8.39. The lowest BCUT2D eigenvalue weighted by Gasteiger charge is -2.32. The van der Waals surface area contributed by atoms with Gasteiger partial charge in [0.2, 0.25) is 0 Å². The maximum absolute atomic E-state index is 2.59. The SMILES string of the molecule is CCCC[P+](CCCC)(CCCC)C[Si](C)(C)C.[I-]. The lowest BCUT2D eigenvalue weighted by atomic mass is 10.4. The number of rotatable bonds is 11. The molecular formula is C16H38IPSi. The van der Waals surface area contributed by atoms with Crippen LogP contribution in [0.5, 0.6) is 0 Å². The second-order valence-electron chi connectivity index (χ2n) is 7.29. The van der Waals surface area contributed by atoms with E-state index < -0.39 is 15.3 Å². The molecule has 19 heavy (non-hydrogen) atoms. The lowest BCUT2D eigenvalue weighted by Crippen LogP contribution is -3.00. The van der Waals surface area contributed by atoms with Crippen molar-refractivity contribution in [3.63, 3.8) is 0 Å². The molecule has 0 N–H and O–H groups in total. The maximum Gasteiger partial charge on any atom is 0.0888 e. The highest BCUT2D eigenvalue weighted by molar-refractivity contribution is 7.78. The molecule has 0 rings (SSSR count). The molecule has 0 aliphatic heterocycles. The van der Waals surface area contributed by atoms with Crippen LogP contribution >= 0.6 is 7.26 Å². The van der Waals surface area contributed by atoms with Crippen LogP contribution in [0.25, 0.3) is 0 Å². The van der Waals surface area contributed by atoms with Crippen molar-refractivity contribution in [3.8, 4) is 0 Å². The Morgan fingerprint density at radius 2 is 1.00 bits per heavy atom. The van der Waals surface area contributed by atoms with Gasteiger partial charge in [0.15, 0.2) is 0 Å². The molecule has 0 saturated carbocycles. The van der Waals surface area contributed by atoms with Crippen LogP contribution in [0.1, 0.15) is 59.3 Å². The largest absolute Gasteiger partial charge is 1.00 e. The zero-order valence-electron chi connectivity index (χ0n) is 14.4. The van der Waals surface area contributed by atoms with Crippen LogP contribution in [0.3, 0.4) is 0 Å². The molecule has 3 heteroatoms. The monoisotopic (exact) mass is 416 g/mol. The third kappa shape index (κ3) is 11.7. The van der Waals surface area contributed by atoms with Crippen molar-refractivity contribution in [1.29, 1.82) is 0 Å². The van der Waals surface area contributed by atoms with Gasteiger partial charge in [-0.15, -0.1) is 0 Å². The quantitative estimate of drug-likeness (QED) is 0.276. The van der Waals surface area contributed by atoms with E-state index in [2.05, 4.69) is 40.4 Å². The van der Waals surface area contributed by atoms with Gasteiger partial charge in [-0.3, -0.25) is 0 Å². The van der Waals surface area contributed by atoms with Crippen LogP contribution in [-0.2, 0) is 0 Å². The number of hydrogen-bond donors (Lipinski definition) is 0. The fourth-order valence-electron chi connectivity index (χ4n) is 3.06. The van der Waals surface area contributed by atoms with Gasteiger partial charge in [-0.2, -0.15) is 0 Å². The molecule has 0 amide bonds. The summed E-state index contributed by atoms with van der Waals surface area (Å²) in [5.41, 5.74) is 0. The zero-order valence-corrected chi connectivity index (χ0v) is 18.4. The molecule has 118 valence electrons. The summed E-state index contributed by atoms with van der Waals surface area (Å²) in [5, 5.41) is 0. The molecule has 0 unspecified atom stereocenters. The third-order valence-corrected chi connectivity index (χ3v) is 14.0. The van der Waals surface area contributed by atoms with E-state index in [4.69, 9.17) is 0 Å². The molecule has 0 aromatic carbocycles. The van der Waals surface area contributed by atoms with E-state index in [1.807, 2.05) is 0 Å². The van der Waals surface area contributed by atoms with E-state index in [1.54, 1.807) is 24.3 Å². The molecular weight excluding hydrogens is 378 g/mol. The van der Waals surface area contributed by atoms with Crippen molar-refractivity contribution < 1.29 is 24.0 Å². The van der Waals surface area contributed by atoms with Crippen LogP contribution in [-0.4, -0.2) is 32.3 Å². The Labute approximate surface area is 142 Å². The van der Waals surface area contributed by atoms with Crippen LogP contribution in [0.2, 0.25) is 19.6 Å². The average molecular weight is 416 g/mol. The fraction of sp³-hybridized carbons (Fsp3) is 1.00. The van der Waals surface area contributed by atoms with Gasteiger partial charge in [0, 0.05) is 13.0 Å². The minimum Gasteiger partial charge on any atom is -1.00 e. The molecule has 0 bridgehead atoms. The summed E-state index contributed by atoms with van der Waals surface area (Å²) in [7, 11) is -1.50. The minimum absolute atomic E-state index is 0. The molecule has 0 aromatic heterocycles. The third-order valence-electron chi connectivity index (χ3n) is 3.77. The summed E-state index contributed by atoms with van der Waals surface area (Å²) in [6.07, 6.45) is 13.5. The first kappa shape index (κ1) is 22.7. The van der Waals surface area contributed by atoms with Crippen molar-refractivity contribution in [3.05, 3.63) is 0 Å². The Morgan fingerprint density at radius 1 is 0.684 bits per heavy atom. The van der Waals surface area contributed by atoms with E-state index in [1.165, 1.54) is 38.5 Å². The van der Waals surface area contributed by atoms with Crippen molar-refractivity contribution in [2.75, 3.05) is 24.3 Å². The first-order valence-corrected chi connectivity index (χ1v) is 14.5. The van der Waals surface area contributed by atoms with Crippen LogP contribution in [0, 0.1) is 0 Å². The average Bonchev–Trinajstić information content (AvgIpc) is 2.29. The van der Waals surface area contributed by atoms with Crippen molar-refractivity contribution in [2.45, 2.75) is 78.9 Å². The first-order valence-electron chi connectivity index (χ1n) is 8.24. The number of halogens is 1. The molecule has 0 aromatic rings. The maximum atomic E-state index is 2.59. The molecule has 0 radical (unpaired) electrons. The van der Waals surface area contributed by atoms with Crippen molar-refractivity contribution >= 4 is 15.3 Å². The smallest absolute Gasteiger partial charge is 0.0888 e. The Hall–Kier alpha value is 1.38. The highest BCUT2D eigenvalue weighted by Crippen LogP contribution is 2.62. The molecule has 0 atom stereocenters. The molecule has 0 fully saturated rings. The zero-order chi connectivity index (χ0) is 14.1. The standard InChI is InChI=1S/C16H38PSi.HI/c1-7-10-13-17(14-11-8-2,15-12-9-3)16-18(4,5)6;/h7-16H2,1-6H3;1H/q+1;/p-1. The van der Waals surface area contributed by atoms with Crippen molar-refractivity contribution in [2.24, 2.45) is 0 Å². The van der Waals surface area contributed by atoms with Gasteiger partial charge in [-0.05, 0) is 19.3 Å².